The molecule has 0 amide bonds. The lowest BCUT2D eigenvalue weighted by Crippen LogP contribution is -2.29. The van der Waals surface area contributed by atoms with Gasteiger partial charge in [0.15, 0.2) is 16.4 Å². The summed E-state index contributed by atoms with van der Waals surface area (Å²) in [4.78, 5) is 22.1. The molecule has 2 heterocycles. The number of rotatable bonds is 4. The van der Waals surface area contributed by atoms with E-state index < -0.39 is 31.5 Å². The van der Waals surface area contributed by atoms with Crippen LogP contribution in [0.3, 0.4) is 0 Å². The number of nitrogens with zero attached hydrogens (tertiary/aromatic N) is 2. The molecule has 4 rings (SSSR count). The minimum absolute atomic E-state index is 0.0912. The van der Waals surface area contributed by atoms with Gasteiger partial charge in [-0.1, -0.05) is 0 Å². The zero-order valence-electron chi connectivity index (χ0n) is 16.0. The molecule has 0 spiro atoms. The van der Waals surface area contributed by atoms with Crippen molar-refractivity contribution in [2.24, 2.45) is 0 Å². The second-order valence-corrected chi connectivity index (χ2v) is 8.57. The highest BCUT2D eigenvalue weighted by Crippen LogP contribution is 2.42. The summed E-state index contributed by atoms with van der Waals surface area (Å²) in [5.74, 6) is -0.238. The highest BCUT2D eigenvalue weighted by atomic mass is 32.2. The average Bonchev–Trinajstić information content (AvgIpc) is 3.03. The number of fused-ring (bicyclic) bond motifs is 2. The predicted octanol–water partition coefficient (Wildman–Crippen LogP) is 2.29. The Kier molecular flexibility index (Phi) is 4.98. The molecule has 0 radical (unpaired) electrons. The number of methoxy groups -OCH3 is 1. The fraction of sp³-hybridized carbons (Fsp3) is 0.316. The number of anilines is 1. The van der Waals surface area contributed by atoms with Crippen molar-refractivity contribution in [2.75, 3.05) is 31.2 Å². The number of nitro groups is 1. The lowest BCUT2D eigenvalue weighted by molar-refractivity contribution is -0.387. The predicted molar refractivity (Wildman–Crippen MR) is 105 cm³/mol. The zero-order valence-corrected chi connectivity index (χ0v) is 16.8. The molecule has 0 saturated heterocycles. The topological polar surface area (TPSA) is 125 Å². The van der Waals surface area contributed by atoms with Gasteiger partial charge in [-0.15, -0.1) is 0 Å². The molecule has 0 atom stereocenters. The monoisotopic (exact) mass is 434 g/mol. The van der Waals surface area contributed by atoms with Crippen LogP contribution < -0.4 is 13.8 Å². The van der Waals surface area contributed by atoms with Crippen LogP contribution >= 0.6 is 0 Å². The van der Waals surface area contributed by atoms with E-state index in [-0.39, 0.29) is 18.0 Å². The van der Waals surface area contributed by atoms with Crippen LogP contribution in [0.1, 0.15) is 22.3 Å². The van der Waals surface area contributed by atoms with Gasteiger partial charge in [-0.25, -0.2) is 13.2 Å². The number of esters is 1. The average molecular weight is 434 g/mol. The number of carbonyl (C=O) groups is 1. The largest absolute Gasteiger partial charge is 0.490 e. The normalized spacial score (nSPS) is 15.3. The maximum atomic E-state index is 13.4. The van der Waals surface area contributed by atoms with Crippen LogP contribution in [0.5, 0.6) is 11.5 Å². The van der Waals surface area contributed by atoms with Gasteiger partial charge >= 0.3 is 5.97 Å². The molecule has 2 aromatic carbocycles. The number of benzene rings is 2. The van der Waals surface area contributed by atoms with E-state index in [1.54, 1.807) is 6.07 Å². The third-order valence-electron chi connectivity index (χ3n) is 4.95. The lowest BCUT2D eigenvalue weighted by atomic mass is 10.1. The van der Waals surface area contributed by atoms with Crippen LogP contribution in [0.25, 0.3) is 0 Å². The molecule has 158 valence electrons. The summed E-state index contributed by atoms with van der Waals surface area (Å²) in [6, 6.07) is 6.76. The summed E-state index contributed by atoms with van der Waals surface area (Å²) in [5, 5.41) is 11.6. The Bertz CT molecular complexity index is 1150. The lowest BCUT2D eigenvalue weighted by Gasteiger charge is -2.20. The van der Waals surface area contributed by atoms with Gasteiger partial charge < -0.3 is 14.2 Å². The van der Waals surface area contributed by atoms with E-state index in [0.717, 1.165) is 16.4 Å². The zero-order chi connectivity index (χ0) is 21.5. The summed E-state index contributed by atoms with van der Waals surface area (Å²) in [6.45, 7) is 0.722. The first-order chi connectivity index (χ1) is 14.3. The van der Waals surface area contributed by atoms with Crippen LogP contribution in [-0.4, -0.2) is 46.2 Å². The maximum Gasteiger partial charge on any atom is 0.337 e. The minimum Gasteiger partial charge on any atom is -0.490 e. The first-order valence-electron chi connectivity index (χ1n) is 9.15. The molecular formula is C19H18N2O8S. The van der Waals surface area contributed by atoms with E-state index in [4.69, 9.17) is 14.2 Å². The smallest absolute Gasteiger partial charge is 0.337 e. The second kappa shape index (κ2) is 7.48. The van der Waals surface area contributed by atoms with Crippen LogP contribution in [0.2, 0.25) is 0 Å². The van der Waals surface area contributed by atoms with E-state index in [1.165, 1.54) is 19.2 Å². The van der Waals surface area contributed by atoms with E-state index in [1.807, 2.05) is 0 Å². The third kappa shape index (κ3) is 3.30. The Morgan fingerprint density at radius 3 is 2.53 bits per heavy atom. The number of sulfonamides is 1. The number of ether oxygens (including phenoxy) is 3. The van der Waals surface area contributed by atoms with Crippen molar-refractivity contribution < 1.29 is 32.3 Å². The van der Waals surface area contributed by atoms with Crippen molar-refractivity contribution in [1.82, 2.24) is 0 Å². The van der Waals surface area contributed by atoms with Gasteiger partial charge in [-0.05, 0) is 30.2 Å². The van der Waals surface area contributed by atoms with Crippen molar-refractivity contribution in [3.8, 4) is 11.5 Å². The summed E-state index contributed by atoms with van der Waals surface area (Å²) in [7, 11) is -3.01. The Morgan fingerprint density at radius 2 is 1.87 bits per heavy atom. The number of hydrogen-bond acceptors (Lipinski definition) is 8. The van der Waals surface area contributed by atoms with E-state index in [2.05, 4.69) is 0 Å². The van der Waals surface area contributed by atoms with E-state index >= 15 is 0 Å². The van der Waals surface area contributed by atoms with Gasteiger partial charge in [0.25, 0.3) is 15.7 Å². The van der Waals surface area contributed by atoms with Gasteiger partial charge in [0.05, 0.1) is 42.6 Å². The first-order valence-corrected chi connectivity index (χ1v) is 10.6. The molecule has 30 heavy (non-hydrogen) atoms. The number of nitro benzene ring substituents is 1. The standard InChI is InChI=1S/C19H18N2O8S/c1-27-19(22)13-3-4-14-12(9-13)5-6-20(14)30(25,26)18-11-17-16(10-15(18)21(23)24)28-7-2-8-29-17/h3-4,9-11H,2,5-8H2,1H3. The maximum absolute atomic E-state index is 13.4. The van der Waals surface area contributed by atoms with Crippen LogP contribution in [0.4, 0.5) is 11.4 Å². The van der Waals surface area contributed by atoms with Crippen LogP contribution in [-0.2, 0) is 21.2 Å². The molecule has 0 unspecified atom stereocenters. The minimum atomic E-state index is -4.27. The third-order valence-corrected chi connectivity index (χ3v) is 6.79. The van der Waals surface area contributed by atoms with Crippen molar-refractivity contribution in [2.45, 2.75) is 17.7 Å². The molecule has 0 bridgehead atoms. The summed E-state index contributed by atoms with van der Waals surface area (Å²) in [5.41, 5.74) is 0.721. The SMILES string of the molecule is COC(=O)c1ccc2c(c1)CCN2S(=O)(=O)c1cc2c(cc1[N+](=O)[O-])OCCCO2. The van der Waals surface area contributed by atoms with Gasteiger partial charge in [-0.2, -0.15) is 0 Å². The molecule has 11 heteroatoms. The highest BCUT2D eigenvalue weighted by Gasteiger charge is 2.37. The highest BCUT2D eigenvalue weighted by molar-refractivity contribution is 7.93. The van der Waals surface area contributed by atoms with Crippen molar-refractivity contribution >= 4 is 27.4 Å². The van der Waals surface area contributed by atoms with Gasteiger partial charge in [-0.3, -0.25) is 14.4 Å². The van der Waals surface area contributed by atoms with E-state index in [9.17, 15) is 23.3 Å². The summed E-state index contributed by atoms with van der Waals surface area (Å²) >= 11 is 0. The first kappa shape index (κ1) is 20.0. The molecule has 2 aromatic rings. The van der Waals surface area contributed by atoms with Gasteiger partial charge in [0.2, 0.25) is 0 Å². The number of hydrogen-bond donors (Lipinski definition) is 0. The molecule has 2 aliphatic rings. The Balaban J connectivity index is 1.79. The van der Waals surface area contributed by atoms with Crippen LogP contribution in [0.15, 0.2) is 35.2 Å². The molecule has 0 aliphatic carbocycles. The Hall–Kier alpha value is -3.34. The fourth-order valence-electron chi connectivity index (χ4n) is 3.51. The second-order valence-electron chi connectivity index (χ2n) is 6.74. The van der Waals surface area contributed by atoms with Gasteiger partial charge in [0.1, 0.15) is 0 Å². The summed E-state index contributed by atoms with van der Waals surface area (Å²) < 4.78 is 43.6. The quantitative estimate of drug-likeness (QED) is 0.408. The molecule has 2 aliphatic heterocycles. The Morgan fingerprint density at radius 1 is 1.17 bits per heavy atom. The van der Waals surface area contributed by atoms with Crippen molar-refractivity contribution in [3.63, 3.8) is 0 Å². The molecule has 0 saturated carbocycles. The number of carbonyl (C=O) groups excluding carboxylic acids is 1. The van der Waals surface area contributed by atoms with Crippen molar-refractivity contribution in [1.29, 1.82) is 0 Å². The van der Waals surface area contributed by atoms with Gasteiger partial charge in [0, 0.05) is 19.0 Å². The Labute approximate surface area is 172 Å². The molecule has 0 fully saturated rings. The summed E-state index contributed by atoms with van der Waals surface area (Å²) in [6.07, 6.45) is 0.935. The molecule has 10 nitrogen and oxygen atoms in total. The van der Waals surface area contributed by atoms with E-state index in [0.29, 0.717) is 42.9 Å². The van der Waals surface area contributed by atoms with Crippen LogP contribution in [0, 0.1) is 10.1 Å². The molecule has 0 N–H and O–H groups in total. The van der Waals surface area contributed by atoms with Crippen molar-refractivity contribution in [3.05, 3.63) is 51.6 Å². The molecular weight excluding hydrogens is 416 g/mol. The fourth-order valence-corrected chi connectivity index (χ4v) is 5.17. The molecule has 0 aromatic heterocycles.